The van der Waals surface area contributed by atoms with E-state index in [1.165, 1.54) is 0 Å². The van der Waals surface area contributed by atoms with E-state index in [0.717, 1.165) is 27.1 Å². The van der Waals surface area contributed by atoms with Crippen LogP contribution in [0.3, 0.4) is 0 Å². The lowest BCUT2D eigenvalue weighted by Gasteiger charge is -2.11. The molecule has 0 fully saturated rings. The van der Waals surface area contributed by atoms with Gasteiger partial charge in [-0.1, -0.05) is 30.3 Å². The van der Waals surface area contributed by atoms with E-state index in [2.05, 4.69) is 10.4 Å². The first-order valence-electron chi connectivity index (χ1n) is 10.7. The number of hydrogen-bond acceptors (Lipinski definition) is 7. The number of thiophene rings is 1. The molecule has 0 spiro atoms. The first kappa shape index (κ1) is 23.2. The van der Waals surface area contributed by atoms with Crippen molar-refractivity contribution in [2.75, 3.05) is 18.5 Å². The molecule has 0 aliphatic carbocycles. The normalized spacial score (nSPS) is 10.8. The molecule has 34 heavy (non-hydrogen) atoms. The van der Waals surface area contributed by atoms with Gasteiger partial charge in [0.2, 0.25) is 0 Å². The molecule has 8 nitrogen and oxygen atoms in total. The van der Waals surface area contributed by atoms with E-state index in [9.17, 15) is 14.4 Å². The van der Waals surface area contributed by atoms with E-state index in [4.69, 9.17) is 9.47 Å². The summed E-state index contributed by atoms with van der Waals surface area (Å²) in [6, 6.07) is 14.6. The highest BCUT2D eigenvalue weighted by atomic mass is 32.1. The lowest BCUT2D eigenvalue weighted by molar-refractivity contribution is -0.118. The Hall–Kier alpha value is -3.98. The van der Waals surface area contributed by atoms with Crippen molar-refractivity contribution in [3.05, 3.63) is 81.1 Å². The van der Waals surface area contributed by atoms with Crippen LogP contribution in [-0.2, 0) is 9.53 Å². The predicted octanol–water partition coefficient (Wildman–Crippen LogP) is 4.26. The van der Waals surface area contributed by atoms with Gasteiger partial charge in [-0.25, -0.2) is 4.79 Å². The van der Waals surface area contributed by atoms with Crippen LogP contribution in [0.25, 0.3) is 16.5 Å². The van der Waals surface area contributed by atoms with Gasteiger partial charge in [0, 0.05) is 10.8 Å². The van der Waals surface area contributed by atoms with Crippen LogP contribution in [0.15, 0.2) is 58.7 Å². The number of nitrogens with one attached hydrogen (secondary N) is 1. The molecule has 0 atom stereocenters. The summed E-state index contributed by atoms with van der Waals surface area (Å²) in [6.07, 6.45) is 0. The Morgan fingerprint density at radius 2 is 1.91 bits per heavy atom. The predicted molar refractivity (Wildman–Crippen MR) is 131 cm³/mol. The molecule has 2 aromatic heterocycles. The topological polar surface area (TPSA) is 99.5 Å². The molecule has 0 aliphatic heterocycles. The van der Waals surface area contributed by atoms with Gasteiger partial charge < -0.3 is 14.8 Å². The maximum absolute atomic E-state index is 13.4. The van der Waals surface area contributed by atoms with E-state index >= 15 is 0 Å². The summed E-state index contributed by atoms with van der Waals surface area (Å²) >= 11 is 1.14. The van der Waals surface area contributed by atoms with Crippen LogP contribution in [0.2, 0.25) is 0 Å². The molecule has 0 saturated heterocycles. The number of aromatic nitrogens is 2. The molecule has 0 aliphatic rings. The summed E-state index contributed by atoms with van der Waals surface area (Å²) in [5, 5.41) is 9.50. The zero-order chi connectivity index (χ0) is 24.2. The number of esters is 1. The van der Waals surface area contributed by atoms with Gasteiger partial charge in [-0.3, -0.25) is 9.59 Å². The number of hydrogen-bond donors (Lipinski definition) is 1. The Morgan fingerprint density at radius 3 is 2.65 bits per heavy atom. The second-order valence-electron chi connectivity index (χ2n) is 7.58. The lowest BCUT2D eigenvalue weighted by Crippen LogP contribution is -2.26. The number of fused-ring (bicyclic) bond motifs is 1. The van der Waals surface area contributed by atoms with Crippen LogP contribution in [0.5, 0.6) is 5.75 Å². The number of nitrogens with zero attached hydrogens (tertiary/aromatic N) is 2. The Labute approximate surface area is 199 Å². The number of para-hydroxylation sites is 1. The summed E-state index contributed by atoms with van der Waals surface area (Å²) in [5.74, 6) is -0.472. The van der Waals surface area contributed by atoms with Crippen molar-refractivity contribution < 1.29 is 19.1 Å². The Bertz CT molecular complexity index is 1440. The molecule has 4 rings (SSSR count). The molecule has 1 N–H and O–H groups in total. The highest BCUT2D eigenvalue weighted by molar-refractivity contribution is 7.16. The SMILES string of the molecule is CCOC(=O)c1nn(-c2cccc(C)c2)c(=O)c2c(NC(=O)COc3ccccc3C)scc12. The lowest BCUT2D eigenvalue weighted by atomic mass is 10.2. The van der Waals surface area contributed by atoms with Crippen molar-refractivity contribution in [3.8, 4) is 11.4 Å². The van der Waals surface area contributed by atoms with E-state index < -0.39 is 17.4 Å². The standard InChI is InChI=1S/C25H23N3O5S/c1-4-32-25(31)22-18-14-34-23(26-20(29)13-33-19-11-6-5-9-16(19)3)21(18)24(30)28(27-22)17-10-7-8-15(2)12-17/h5-12,14H,4,13H2,1-3H3,(H,26,29). The average Bonchev–Trinajstić information content (AvgIpc) is 3.23. The van der Waals surface area contributed by atoms with Crippen LogP contribution in [-0.4, -0.2) is 34.9 Å². The molecule has 4 aromatic rings. The minimum atomic E-state index is -0.646. The first-order chi connectivity index (χ1) is 16.4. The van der Waals surface area contributed by atoms with Crippen LogP contribution in [0.4, 0.5) is 5.00 Å². The molecular formula is C25H23N3O5S. The molecule has 1 amide bonds. The number of anilines is 1. The third-order valence-corrected chi connectivity index (χ3v) is 5.97. The molecule has 0 unspecified atom stereocenters. The number of carbonyl (C=O) groups excluding carboxylic acids is 2. The van der Waals surface area contributed by atoms with E-state index in [1.54, 1.807) is 36.6 Å². The zero-order valence-corrected chi connectivity index (χ0v) is 19.8. The van der Waals surface area contributed by atoms with Gasteiger partial charge in [0.25, 0.3) is 11.5 Å². The van der Waals surface area contributed by atoms with Gasteiger partial charge in [-0.15, -0.1) is 11.3 Å². The summed E-state index contributed by atoms with van der Waals surface area (Å²) in [5.41, 5.74) is 1.89. The number of amides is 1. The maximum Gasteiger partial charge on any atom is 0.359 e. The van der Waals surface area contributed by atoms with Gasteiger partial charge in [0.15, 0.2) is 12.3 Å². The second-order valence-corrected chi connectivity index (χ2v) is 8.46. The fourth-order valence-corrected chi connectivity index (χ4v) is 4.40. The number of carbonyl (C=O) groups is 2. The molecule has 0 bridgehead atoms. The van der Waals surface area contributed by atoms with Crippen molar-refractivity contribution in [1.29, 1.82) is 0 Å². The molecule has 0 radical (unpaired) electrons. The van der Waals surface area contributed by atoms with Crippen LogP contribution < -0.4 is 15.6 Å². The minimum absolute atomic E-state index is 0.00543. The van der Waals surface area contributed by atoms with Gasteiger partial charge in [-0.05, 0) is 50.1 Å². The van der Waals surface area contributed by atoms with Crippen LogP contribution >= 0.6 is 11.3 Å². The quantitative estimate of drug-likeness (QED) is 0.399. The van der Waals surface area contributed by atoms with Gasteiger partial charge >= 0.3 is 5.97 Å². The second kappa shape index (κ2) is 9.88. The minimum Gasteiger partial charge on any atom is -0.483 e. The third kappa shape index (κ3) is 4.69. The molecular weight excluding hydrogens is 454 g/mol. The largest absolute Gasteiger partial charge is 0.483 e. The van der Waals surface area contributed by atoms with Gasteiger partial charge in [0.05, 0.1) is 17.7 Å². The smallest absolute Gasteiger partial charge is 0.359 e. The van der Waals surface area contributed by atoms with Gasteiger partial charge in [0.1, 0.15) is 10.8 Å². The zero-order valence-electron chi connectivity index (χ0n) is 19.0. The fourth-order valence-electron chi connectivity index (χ4n) is 3.45. The van der Waals surface area contributed by atoms with Crippen molar-refractivity contribution in [3.63, 3.8) is 0 Å². The third-order valence-electron chi connectivity index (χ3n) is 5.07. The van der Waals surface area contributed by atoms with E-state index in [-0.39, 0.29) is 24.3 Å². The fraction of sp³-hybridized carbons (Fsp3) is 0.200. The molecule has 0 saturated carbocycles. The number of ether oxygens (including phenoxy) is 2. The molecule has 9 heteroatoms. The number of aryl methyl sites for hydroxylation is 2. The Morgan fingerprint density at radius 1 is 1.12 bits per heavy atom. The van der Waals surface area contributed by atoms with Crippen molar-refractivity contribution in [2.24, 2.45) is 0 Å². The Balaban J connectivity index is 1.73. The summed E-state index contributed by atoms with van der Waals surface area (Å²) in [6.45, 7) is 5.41. The van der Waals surface area contributed by atoms with Crippen molar-refractivity contribution >= 4 is 39.0 Å². The van der Waals surface area contributed by atoms with E-state index in [0.29, 0.717) is 21.8 Å². The average molecular weight is 478 g/mol. The van der Waals surface area contributed by atoms with Gasteiger partial charge in [-0.2, -0.15) is 9.78 Å². The molecule has 2 heterocycles. The van der Waals surface area contributed by atoms with Crippen molar-refractivity contribution in [2.45, 2.75) is 20.8 Å². The Kier molecular flexibility index (Phi) is 6.74. The first-order valence-corrected chi connectivity index (χ1v) is 11.5. The van der Waals surface area contributed by atoms with E-state index in [1.807, 2.05) is 38.1 Å². The summed E-state index contributed by atoms with van der Waals surface area (Å²) < 4.78 is 11.9. The highest BCUT2D eigenvalue weighted by Crippen LogP contribution is 2.30. The monoisotopic (exact) mass is 477 g/mol. The summed E-state index contributed by atoms with van der Waals surface area (Å²) in [7, 11) is 0. The summed E-state index contributed by atoms with van der Waals surface area (Å²) in [4.78, 5) is 38.7. The van der Waals surface area contributed by atoms with Crippen LogP contribution in [0.1, 0.15) is 28.5 Å². The number of rotatable bonds is 7. The molecule has 174 valence electrons. The van der Waals surface area contributed by atoms with Crippen molar-refractivity contribution in [1.82, 2.24) is 9.78 Å². The maximum atomic E-state index is 13.4. The molecule has 2 aromatic carbocycles. The van der Waals surface area contributed by atoms with Crippen LogP contribution in [0, 0.1) is 13.8 Å². The number of benzene rings is 2. The highest BCUT2D eigenvalue weighted by Gasteiger charge is 2.23.